The fourth-order valence-electron chi connectivity index (χ4n) is 2.79. The molecular weight excluding hydrogens is 375 g/mol. The van der Waals surface area contributed by atoms with Gasteiger partial charge in [-0.15, -0.1) is 0 Å². The van der Waals surface area contributed by atoms with Crippen molar-refractivity contribution in [2.75, 3.05) is 46.9 Å². The first-order valence-corrected chi connectivity index (χ1v) is 9.41. The van der Waals surface area contributed by atoms with E-state index in [1.807, 2.05) is 0 Å². The van der Waals surface area contributed by atoms with Crippen LogP contribution in [0.2, 0.25) is 0 Å². The lowest BCUT2D eigenvalue weighted by Gasteiger charge is -2.35. The van der Waals surface area contributed by atoms with Crippen LogP contribution in [0.15, 0.2) is 23.1 Å². The molecule has 1 saturated heterocycles. The van der Waals surface area contributed by atoms with Crippen molar-refractivity contribution in [1.82, 2.24) is 14.9 Å². The van der Waals surface area contributed by atoms with Crippen molar-refractivity contribution in [3.63, 3.8) is 0 Å². The van der Waals surface area contributed by atoms with E-state index in [0.29, 0.717) is 13.1 Å². The predicted molar refractivity (Wildman–Crippen MR) is 89.0 cm³/mol. The molecule has 0 amide bonds. The molecule has 1 aromatic rings. The number of sulfonamides is 1. The van der Waals surface area contributed by atoms with Gasteiger partial charge in [-0.1, -0.05) is 6.07 Å². The summed E-state index contributed by atoms with van der Waals surface area (Å²) in [7, 11) is -1.74. The quantitative estimate of drug-likeness (QED) is 0.709. The Bertz CT molecular complexity index is 684. The van der Waals surface area contributed by atoms with Gasteiger partial charge < -0.3 is 14.8 Å². The van der Waals surface area contributed by atoms with Crippen molar-refractivity contribution < 1.29 is 31.1 Å². The average Bonchev–Trinajstić information content (AvgIpc) is 2.60. The van der Waals surface area contributed by atoms with Crippen molar-refractivity contribution in [1.29, 1.82) is 0 Å². The molecular formula is C15H22F3N3O4S. The van der Waals surface area contributed by atoms with Gasteiger partial charge in [0.2, 0.25) is 10.0 Å². The molecule has 1 fully saturated rings. The maximum Gasteiger partial charge on any atom is 0.405 e. The van der Waals surface area contributed by atoms with Crippen LogP contribution in [-0.4, -0.2) is 72.5 Å². The highest BCUT2D eigenvalue weighted by Gasteiger charge is 2.44. The first-order chi connectivity index (χ1) is 12.2. The number of piperazine rings is 1. The molecule has 0 saturated carbocycles. The highest BCUT2D eigenvalue weighted by Crippen LogP contribution is 2.33. The third-order valence-corrected chi connectivity index (χ3v) is 5.57. The van der Waals surface area contributed by atoms with Crippen molar-refractivity contribution in [2.45, 2.75) is 17.1 Å². The topological polar surface area (TPSA) is 79.9 Å². The number of methoxy groups -OCH3 is 2. The molecule has 2 rings (SSSR count). The number of nitrogens with zero attached hydrogens (tertiary/aromatic N) is 1. The lowest BCUT2D eigenvalue weighted by atomic mass is 10.2. The minimum atomic E-state index is -4.56. The summed E-state index contributed by atoms with van der Waals surface area (Å²) in [6.07, 6.45) is -4.56. The van der Waals surface area contributed by atoms with E-state index in [2.05, 4.69) is 10.0 Å². The molecule has 2 N–H and O–H groups in total. The molecule has 0 radical (unpaired) electrons. The van der Waals surface area contributed by atoms with Crippen LogP contribution in [-0.2, 0) is 10.0 Å². The Morgan fingerprint density at radius 1 is 1.19 bits per heavy atom. The first kappa shape index (κ1) is 20.7. The largest absolute Gasteiger partial charge is 0.495 e. The second-order valence-electron chi connectivity index (χ2n) is 5.69. The number of benzene rings is 1. The third kappa shape index (κ3) is 4.78. The predicted octanol–water partition coefficient (Wildman–Crippen LogP) is 0.818. The lowest BCUT2D eigenvalue weighted by molar-refractivity contribution is -0.182. The number of hydrogen-bond donors (Lipinski definition) is 2. The van der Waals surface area contributed by atoms with Crippen molar-refractivity contribution in [2.24, 2.45) is 0 Å². The zero-order chi connectivity index (χ0) is 19.4. The average molecular weight is 397 g/mol. The van der Waals surface area contributed by atoms with Crippen molar-refractivity contribution >= 4 is 10.0 Å². The van der Waals surface area contributed by atoms with E-state index in [4.69, 9.17) is 9.47 Å². The zero-order valence-electron chi connectivity index (χ0n) is 14.5. The highest BCUT2D eigenvalue weighted by molar-refractivity contribution is 7.89. The van der Waals surface area contributed by atoms with E-state index in [0.717, 1.165) is 0 Å². The van der Waals surface area contributed by atoms with E-state index in [9.17, 15) is 21.6 Å². The molecule has 1 aromatic carbocycles. The van der Waals surface area contributed by atoms with Gasteiger partial charge in [-0.3, -0.25) is 4.90 Å². The number of ether oxygens (including phenoxy) is 2. The lowest BCUT2D eigenvalue weighted by Crippen LogP contribution is -2.57. The van der Waals surface area contributed by atoms with Gasteiger partial charge in [0.05, 0.1) is 14.2 Å². The van der Waals surface area contributed by atoms with Gasteiger partial charge in [0.25, 0.3) is 0 Å². The molecule has 0 aromatic heterocycles. The van der Waals surface area contributed by atoms with Gasteiger partial charge >= 0.3 is 6.18 Å². The summed E-state index contributed by atoms with van der Waals surface area (Å²) in [6.45, 7) is 0.403. The molecule has 1 heterocycles. The summed E-state index contributed by atoms with van der Waals surface area (Å²) < 4.78 is 77.7. The molecule has 7 nitrogen and oxygen atoms in total. The van der Waals surface area contributed by atoms with Crippen LogP contribution in [0.5, 0.6) is 11.5 Å². The van der Waals surface area contributed by atoms with E-state index in [1.54, 1.807) is 0 Å². The van der Waals surface area contributed by atoms with Gasteiger partial charge in [-0.05, 0) is 12.1 Å². The molecule has 1 atom stereocenters. The van der Waals surface area contributed by atoms with Crippen LogP contribution < -0.4 is 19.5 Å². The van der Waals surface area contributed by atoms with E-state index < -0.39 is 28.8 Å². The number of nitrogens with one attached hydrogen (secondary N) is 2. The summed E-state index contributed by atoms with van der Waals surface area (Å²) in [4.78, 5) is 0.893. The zero-order valence-corrected chi connectivity index (χ0v) is 15.3. The summed E-state index contributed by atoms with van der Waals surface area (Å²) in [5, 5.41) is 2.97. The number of alkyl halides is 3. The van der Waals surface area contributed by atoms with Crippen LogP contribution >= 0.6 is 0 Å². The second-order valence-corrected chi connectivity index (χ2v) is 7.39. The van der Waals surface area contributed by atoms with Crippen LogP contribution in [0, 0.1) is 0 Å². The smallest absolute Gasteiger partial charge is 0.405 e. The van der Waals surface area contributed by atoms with Crippen LogP contribution in [0.25, 0.3) is 0 Å². The molecule has 1 unspecified atom stereocenters. The minimum absolute atomic E-state index is 0.0115. The van der Waals surface area contributed by atoms with Gasteiger partial charge in [-0.25, -0.2) is 13.1 Å². The Morgan fingerprint density at radius 2 is 1.73 bits per heavy atom. The molecule has 0 spiro atoms. The molecule has 0 bridgehead atoms. The maximum atomic E-state index is 13.4. The molecule has 1 aliphatic rings. The van der Waals surface area contributed by atoms with Crippen LogP contribution in [0.3, 0.4) is 0 Å². The number of rotatable bonds is 7. The Kier molecular flexibility index (Phi) is 6.72. The fraction of sp³-hybridized carbons (Fsp3) is 0.600. The van der Waals surface area contributed by atoms with Crippen molar-refractivity contribution in [3.05, 3.63) is 18.2 Å². The molecule has 1 aliphatic heterocycles. The monoisotopic (exact) mass is 397 g/mol. The Labute approximate surface area is 150 Å². The minimum Gasteiger partial charge on any atom is -0.495 e. The third-order valence-electron chi connectivity index (χ3n) is 4.09. The molecule has 148 valence electrons. The van der Waals surface area contributed by atoms with E-state index >= 15 is 0 Å². The van der Waals surface area contributed by atoms with Gasteiger partial charge in [0.1, 0.15) is 17.5 Å². The Morgan fingerprint density at radius 3 is 2.19 bits per heavy atom. The fourth-order valence-corrected chi connectivity index (χ4v) is 4.14. The normalized spacial score (nSPS) is 17.7. The number of hydrogen-bond acceptors (Lipinski definition) is 6. The van der Waals surface area contributed by atoms with Crippen molar-refractivity contribution in [3.8, 4) is 11.5 Å². The Balaban J connectivity index is 2.25. The van der Waals surface area contributed by atoms with Gasteiger partial charge in [0, 0.05) is 32.7 Å². The SMILES string of the molecule is COc1cccc(OC)c1S(=O)(=O)NCC(N1CCNCC1)C(F)(F)F. The summed E-state index contributed by atoms with van der Waals surface area (Å²) >= 11 is 0. The number of halogens is 3. The Hall–Kier alpha value is -1.56. The van der Waals surface area contributed by atoms with E-state index in [1.165, 1.54) is 37.3 Å². The van der Waals surface area contributed by atoms with E-state index in [-0.39, 0.29) is 29.5 Å². The van der Waals surface area contributed by atoms with Crippen LogP contribution in [0.1, 0.15) is 0 Å². The summed E-state index contributed by atoms with van der Waals surface area (Å²) in [5.41, 5.74) is 0. The molecule has 0 aliphatic carbocycles. The summed E-state index contributed by atoms with van der Waals surface area (Å²) in [5.74, 6) is -0.0230. The first-order valence-electron chi connectivity index (χ1n) is 7.93. The van der Waals surface area contributed by atoms with Gasteiger partial charge in [0.15, 0.2) is 4.90 Å². The highest BCUT2D eigenvalue weighted by atomic mass is 32.2. The molecule has 11 heteroatoms. The summed E-state index contributed by atoms with van der Waals surface area (Å²) in [6, 6.07) is 2.40. The second kappa shape index (κ2) is 8.42. The standard InChI is InChI=1S/C15H22F3N3O4S/c1-24-11-4-3-5-12(25-2)14(11)26(22,23)20-10-13(15(16,17)18)21-8-6-19-7-9-21/h3-5,13,19-20H,6-10H2,1-2H3. The molecule has 26 heavy (non-hydrogen) atoms. The van der Waals surface area contributed by atoms with Crippen LogP contribution in [0.4, 0.5) is 13.2 Å². The maximum absolute atomic E-state index is 13.4. The van der Waals surface area contributed by atoms with Gasteiger partial charge in [-0.2, -0.15) is 13.2 Å².